The number of sulfonamides is 1. The zero-order valence-corrected chi connectivity index (χ0v) is 21.3. The summed E-state index contributed by atoms with van der Waals surface area (Å²) in [5.41, 5.74) is 1.57. The summed E-state index contributed by atoms with van der Waals surface area (Å²) in [6.07, 6.45) is 2.80. The second-order valence-electron chi connectivity index (χ2n) is 9.07. The SMILES string of the molecule is CCN(CC)C(=O)c1cc(NS(=O)(=O)c2ccccc2)ccc1N1CCCN(C(=O)C2CC2)CC1. The van der Waals surface area contributed by atoms with E-state index in [2.05, 4.69) is 9.62 Å². The third-order valence-electron chi connectivity index (χ3n) is 6.66. The second-order valence-corrected chi connectivity index (χ2v) is 10.8. The minimum absolute atomic E-state index is 0.138. The van der Waals surface area contributed by atoms with Gasteiger partial charge in [-0.1, -0.05) is 18.2 Å². The van der Waals surface area contributed by atoms with E-state index in [-0.39, 0.29) is 22.6 Å². The van der Waals surface area contributed by atoms with Crippen molar-refractivity contribution >= 4 is 33.2 Å². The molecule has 2 aromatic carbocycles. The Morgan fingerprint density at radius 3 is 2.34 bits per heavy atom. The van der Waals surface area contributed by atoms with Crippen molar-refractivity contribution in [2.24, 2.45) is 5.92 Å². The molecule has 2 aromatic rings. The van der Waals surface area contributed by atoms with Crippen molar-refractivity contribution in [3.8, 4) is 0 Å². The summed E-state index contributed by atoms with van der Waals surface area (Å²) in [6.45, 7) is 7.66. The van der Waals surface area contributed by atoms with Crippen LogP contribution >= 0.6 is 0 Å². The minimum atomic E-state index is -3.78. The summed E-state index contributed by atoms with van der Waals surface area (Å²) in [5, 5.41) is 0. The summed E-state index contributed by atoms with van der Waals surface area (Å²) >= 11 is 0. The number of benzene rings is 2. The number of hydrogen-bond donors (Lipinski definition) is 1. The third kappa shape index (κ3) is 5.78. The second kappa shape index (κ2) is 10.7. The highest BCUT2D eigenvalue weighted by Crippen LogP contribution is 2.32. The van der Waals surface area contributed by atoms with Crippen molar-refractivity contribution in [1.82, 2.24) is 9.80 Å². The first kappa shape index (κ1) is 25.0. The van der Waals surface area contributed by atoms with Gasteiger partial charge in [-0.2, -0.15) is 0 Å². The van der Waals surface area contributed by atoms with Crippen LogP contribution < -0.4 is 9.62 Å². The molecule has 2 fully saturated rings. The first-order valence-electron chi connectivity index (χ1n) is 12.4. The fraction of sp³-hybridized carbons (Fsp3) is 0.462. The van der Waals surface area contributed by atoms with Crippen molar-refractivity contribution in [2.45, 2.75) is 38.0 Å². The molecule has 0 atom stereocenters. The van der Waals surface area contributed by atoms with Gasteiger partial charge in [0.05, 0.1) is 10.5 Å². The van der Waals surface area contributed by atoms with Gasteiger partial charge in [0.1, 0.15) is 0 Å². The molecule has 2 aliphatic rings. The zero-order chi connectivity index (χ0) is 25.0. The standard InChI is InChI=1S/C26H34N4O4S/c1-3-28(4-2)26(32)23-19-21(27-35(33,34)22-9-6-5-7-10-22)13-14-24(23)29-15-8-16-30(18-17-29)25(31)20-11-12-20/h5-7,9-10,13-14,19-20,27H,3-4,8,11-12,15-18H2,1-2H3. The van der Waals surface area contributed by atoms with Gasteiger partial charge in [0.15, 0.2) is 0 Å². The van der Waals surface area contributed by atoms with Crippen LogP contribution in [-0.2, 0) is 14.8 Å². The van der Waals surface area contributed by atoms with E-state index in [0.717, 1.165) is 38.0 Å². The van der Waals surface area contributed by atoms with E-state index in [1.807, 2.05) is 24.8 Å². The van der Waals surface area contributed by atoms with Crippen LogP contribution in [0.4, 0.5) is 11.4 Å². The number of carbonyl (C=O) groups excluding carboxylic acids is 2. The molecule has 0 spiro atoms. The molecule has 0 aromatic heterocycles. The molecule has 1 aliphatic carbocycles. The van der Waals surface area contributed by atoms with Gasteiger partial charge in [-0.15, -0.1) is 0 Å². The van der Waals surface area contributed by atoms with Gasteiger partial charge in [0.2, 0.25) is 5.91 Å². The number of rotatable bonds is 8. The van der Waals surface area contributed by atoms with E-state index in [1.54, 1.807) is 35.2 Å². The van der Waals surface area contributed by atoms with E-state index in [4.69, 9.17) is 0 Å². The Bertz CT molecular complexity index is 1160. The summed E-state index contributed by atoms with van der Waals surface area (Å²) in [5.74, 6) is 0.302. The van der Waals surface area contributed by atoms with E-state index in [1.165, 1.54) is 12.1 Å². The van der Waals surface area contributed by atoms with Crippen LogP contribution in [0.1, 0.15) is 43.5 Å². The molecular weight excluding hydrogens is 464 g/mol. The molecule has 2 amide bonds. The quantitative estimate of drug-likeness (QED) is 0.602. The highest BCUT2D eigenvalue weighted by molar-refractivity contribution is 7.92. The lowest BCUT2D eigenvalue weighted by molar-refractivity contribution is -0.132. The third-order valence-corrected chi connectivity index (χ3v) is 8.06. The van der Waals surface area contributed by atoms with Crippen molar-refractivity contribution < 1.29 is 18.0 Å². The molecule has 9 heteroatoms. The molecule has 4 rings (SSSR count). The van der Waals surface area contributed by atoms with Crippen LogP contribution in [0.25, 0.3) is 0 Å². The molecule has 1 aliphatic heterocycles. The Hall–Kier alpha value is -3.07. The average molecular weight is 499 g/mol. The fourth-order valence-electron chi connectivity index (χ4n) is 4.51. The van der Waals surface area contributed by atoms with Gasteiger partial charge in [-0.05, 0) is 63.4 Å². The molecule has 188 valence electrons. The average Bonchev–Trinajstić information content (AvgIpc) is 3.72. The van der Waals surface area contributed by atoms with Crippen LogP contribution in [0.5, 0.6) is 0 Å². The van der Waals surface area contributed by atoms with Crippen molar-refractivity contribution in [3.05, 3.63) is 54.1 Å². The molecule has 0 radical (unpaired) electrons. The molecule has 0 unspecified atom stereocenters. The highest BCUT2D eigenvalue weighted by Gasteiger charge is 2.34. The normalized spacial score (nSPS) is 16.5. The summed E-state index contributed by atoms with van der Waals surface area (Å²) in [6, 6.07) is 13.3. The van der Waals surface area contributed by atoms with Crippen molar-refractivity contribution in [1.29, 1.82) is 0 Å². The van der Waals surface area contributed by atoms with E-state index >= 15 is 0 Å². The number of anilines is 2. The van der Waals surface area contributed by atoms with Gasteiger partial charge in [-0.25, -0.2) is 8.42 Å². The molecule has 1 saturated carbocycles. The molecule has 8 nitrogen and oxygen atoms in total. The predicted molar refractivity (Wildman–Crippen MR) is 137 cm³/mol. The number of amides is 2. The predicted octanol–water partition coefficient (Wildman–Crippen LogP) is 3.42. The number of hydrogen-bond acceptors (Lipinski definition) is 5. The Morgan fingerprint density at radius 2 is 1.69 bits per heavy atom. The van der Waals surface area contributed by atoms with Crippen LogP contribution in [-0.4, -0.2) is 69.3 Å². The van der Waals surface area contributed by atoms with E-state index in [9.17, 15) is 18.0 Å². The maximum atomic E-state index is 13.5. The fourth-order valence-corrected chi connectivity index (χ4v) is 5.58. The Morgan fingerprint density at radius 1 is 0.971 bits per heavy atom. The first-order chi connectivity index (χ1) is 16.8. The van der Waals surface area contributed by atoms with Crippen LogP contribution in [0, 0.1) is 5.92 Å². The monoisotopic (exact) mass is 498 g/mol. The van der Waals surface area contributed by atoms with Crippen LogP contribution in [0.15, 0.2) is 53.4 Å². The number of carbonyl (C=O) groups is 2. The lowest BCUT2D eigenvalue weighted by atomic mass is 10.1. The summed E-state index contributed by atoms with van der Waals surface area (Å²) in [7, 11) is -3.78. The molecule has 1 saturated heterocycles. The molecule has 1 N–H and O–H groups in total. The highest BCUT2D eigenvalue weighted by atomic mass is 32.2. The maximum Gasteiger partial charge on any atom is 0.261 e. The van der Waals surface area contributed by atoms with Gasteiger partial charge in [0.25, 0.3) is 15.9 Å². The molecule has 1 heterocycles. The van der Waals surface area contributed by atoms with Gasteiger partial charge >= 0.3 is 0 Å². The van der Waals surface area contributed by atoms with Crippen molar-refractivity contribution in [2.75, 3.05) is 48.9 Å². The number of nitrogens with zero attached hydrogens (tertiary/aromatic N) is 3. The van der Waals surface area contributed by atoms with E-state index in [0.29, 0.717) is 37.4 Å². The molecule has 35 heavy (non-hydrogen) atoms. The Balaban J connectivity index is 1.62. The summed E-state index contributed by atoms with van der Waals surface area (Å²) < 4.78 is 28.4. The smallest absolute Gasteiger partial charge is 0.261 e. The van der Waals surface area contributed by atoms with Crippen LogP contribution in [0.2, 0.25) is 0 Å². The molecular formula is C26H34N4O4S. The first-order valence-corrected chi connectivity index (χ1v) is 13.9. The van der Waals surface area contributed by atoms with Crippen LogP contribution in [0.3, 0.4) is 0 Å². The lowest BCUT2D eigenvalue weighted by Crippen LogP contribution is -2.37. The largest absolute Gasteiger partial charge is 0.369 e. The summed E-state index contributed by atoms with van der Waals surface area (Å²) in [4.78, 5) is 32.0. The minimum Gasteiger partial charge on any atom is -0.369 e. The maximum absolute atomic E-state index is 13.5. The van der Waals surface area contributed by atoms with E-state index < -0.39 is 10.0 Å². The Kier molecular flexibility index (Phi) is 7.64. The van der Waals surface area contributed by atoms with Gasteiger partial charge < -0.3 is 14.7 Å². The zero-order valence-electron chi connectivity index (χ0n) is 20.4. The topological polar surface area (TPSA) is 90.0 Å². The van der Waals surface area contributed by atoms with Gasteiger partial charge in [0, 0.05) is 56.6 Å². The van der Waals surface area contributed by atoms with Gasteiger partial charge in [-0.3, -0.25) is 14.3 Å². The molecule has 0 bridgehead atoms. The lowest BCUT2D eigenvalue weighted by Gasteiger charge is -2.28. The van der Waals surface area contributed by atoms with Crippen molar-refractivity contribution in [3.63, 3.8) is 0 Å². The Labute approximate surface area is 207 Å². The number of nitrogens with one attached hydrogen (secondary N) is 1.